The molecule has 2 aliphatic carbocycles. The van der Waals surface area contributed by atoms with Crippen molar-refractivity contribution >= 4 is 0 Å². The van der Waals surface area contributed by atoms with E-state index in [0.29, 0.717) is 18.8 Å². The molecule has 1 heterocycles. The van der Waals surface area contributed by atoms with E-state index in [4.69, 9.17) is 15.1 Å². The van der Waals surface area contributed by atoms with Crippen LogP contribution < -0.4 is 17.0 Å². The average Bonchev–Trinajstić information content (AvgIpc) is 3.22. The number of rotatable bonds is 7. The number of hydrogen-bond acceptors (Lipinski definition) is 6. The zero-order chi connectivity index (χ0) is 25.3. The van der Waals surface area contributed by atoms with Crippen LogP contribution in [-0.4, -0.2) is 22.9 Å². The molecule has 2 aromatic carbocycles. The van der Waals surface area contributed by atoms with Crippen LogP contribution >= 0.6 is 0 Å². The monoisotopic (exact) mass is 490 g/mol. The smallest absolute Gasteiger partial charge is 0.328 e. The molecule has 7 nitrogen and oxygen atoms in total. The average molecular weight is 491 g/mol. The van der Waals surface area contributed by atoms with Gasteiger partial charge in [0, 0.05) is 12.6 Å². The maximum Gasteiger partial charge on any atom is 0.459 e. The minimum Gasteiger partial charge on any atom is -0.328 e. The summed E-state index contributed by atoms with van der Waals surface area (Å²) in [5.74, 6) is 0.174. The van der Waals surface area contributed by atoms with Crippen LogP contribution in [0.2, 0.25) is 0 Å². The van der Waals surface area contributed by atoms with Crippen molar-refractivity contribution in [3.63, 3.8) is 0 Å². The third-order valence-electron chi connectivity index (χ3n) is 7.93. The molecule has 3 N–H and O–H groups in total. The fourth-order valence-electron chi connectivity index (χ4n) is 6.46. The minimum atomic E-state index is -0.681. The lowest BCUT2D eigenvalue weighted by atomic mass is 9.67. The van der Waals surface area contributed by atoms with Crippen molar-refractivity contribution in [3.8, 4) is 0 Å². The van der Waals surface area contributed by atoms with Gasteiger partial charge in [0.2, 0.25) is 0 Å². The molecule has 192 valence electrons. The van der Waals surface area contributed by atoms with Crippen LogP contribution in [0.5, 0.6) is 0 Å². The normalized spacial score (nSPS) is 21.0. The van der Waals surface area contributed by atoms with Gasteiger partial charge in [0.25, 0.3) is 0 Å². The summed E-state index contributed by atoms with van der Waals surface area (Å²) < 4.78 is 7.73. The summed E-state index contributed by atoms with van der Waals surface area (Å²) in [5.41, 5.74) is 16.1. The molecule has 36 heavy (non-hydrogen) atoms. The second-order valence-corrected chi connectivity index (χ2v) is 10.7. The summed E-state index contributed by atoms with van der Waals surface area (Å²) >= 11 is 0. The summed E-state index contributed by atoms with van der Waals surface area (Å²) in [7, 11) is 1.63. The summed E-state index contributed by atoms with van der Waals surface area (Å²) in [4.78, 5) is 22.5. The Morgan fingerprint density at radius 2 is 1.83 bits per heavy atom. The zero-order valence-corrected chi connectivity index (χ0v) is 21.7. The van der Waals surface area contributed by atoms with Gasteiger partial charge >= 0.3 is 5.76 Å². The van der Waals surface area contributed by atoms with Gasteiger partial charge in [0.1, 0.15) is 0 Å². The predicted molar refractivity (Wildman–Crippen MR) is 140 cm³/mol. The predicted octanol–water partition coefficient (Wildman–Crippen LogP) is 4.47. The molecule has 1 unspecified atom stereocenters. The van der Waals surface area contributed by atoms with Crippen LogP contribution in [0.25, 0.3) is 0 Å². The molecular formula is C29H38N4O3. The van der Waals surface area contributed by atoms with Crippen molar-refractivity contribution in [3.05, 3.63) is 86.2 Å². The molecule has 3 aromatic rings. The molecule has 0 aliphatic heterocycles. The van der Waals surface area contributed by atoms with Gasteiger partial charge in [-0.15, -0.1) is 0 Å². The number of hydrogen-bond donors (Lipinski definition) is 2. The van der Waals surface area contributed by atoms with Crippen LogP contribution in [0.1, 0.15) is 90.7 Å². The van der Waals surface area contributed by atoms with Crippen LogP contribution in [-0.2, 0) is 29.6 Å². The summed E-state index contributed by atoms with van der Waals surface area (Å²) in [5, 5.41) is 0. The quantitative estimate of drug-likeness (QED) is 0.475. The Kier molecular flexibility index (Phi) is 7.15. The lowest BCUT2D eigenvalue weighted by molar-refractivity contribution is 0.0867. The van der Waals surface area contributed by atoms with Crippen LogP contribution in [0, 0.1) is 6.92 Å². The number of aryl methyl sites for hydroxylation is 3. The van der Waals surface area contributed by atoms with Gasteiger partial charge in [0.05, 0.1) is 18.6 Å². The number of nitrogens with one attached hydrogen (secondary N) is 1. The van der Waals surface area contributed by atoms with E-state index in [-0.39, 0.29) is 12.1 Å². The van der Waals surface area contributed by atoms with Crippen molar-refractivity contribution in [1.29, 1.82) is 0 Å². The number of fused-ring (bicyclic) bond motifs is 2. The molecule has 1 saturated carbocycles. The van der Waals surface area contributed by atoms with Gasteiger partial charge in [0.15, 0.2) is 5.82 Å². The van der Waals surface area contributed by atoms with Gasteiger partial charge in [-0.3, -0.25) is 0 Å². The Morgan fingerprint density at radius 3 is 2.53 bits per heavy atom. The van der Waals surface area contributed by atoms with E-state index in [0.717, 1.165) is 44.1 Å². The first-order valence-electron chi connectivity index (χ1n) is 13.3. The third kappa shape index (κ3) is 4.56. The molecule has 5 rings (SSSR count). The Bertz CT molecular complexity index is 1270. The van der Waals surface area contributed by atoms with Crippen LogP contribution in [0.4, 0.5) is 0 Å². The first-order valence-corrected chi connectivity index (χ1v) is 13.3. The highest BCUT2D eigenvalue weighted by Crippen LogP contribution is 2.48. The Balaban J connectivity index is 1.80. The molecule has 0 saturated heterocycles. The highest BCUT2D eigenvalue weighted by atomic mass is 16.6. The van der Waals surface area contributed by atoms with Crippen molar-refractivity contribution in [2.75, 3.05) is 7.11 Å². The summed E-state index contributed by atoms with van der Waals surface area (Å²) in [6.07, 6.45) is 7.92. The zero-order valence-electron chi connectivity index (χ0n) is 21.7. The number of nitrogens with zero attached hydrogens (tertiary/aromatic N) is 2. The Morgan fingerprint density at radius 1 is 1.14 bits per heavy atom. The van der Waals surface area contributed by atoms with E-state index in [1.54, 1.807) is 7.11 Å². The SMILES string of the molecule is CONCc1ccc2c(c1)CCc1cc(C)ccc1C2(C[C@H](C)N)c1nc(=O)on1C1CCCCC1. The maximum atomic E-state index is 12.8. The largest absolute Gasteiger partial charge is 0.459 e. The van der Waals surface area contributed by atoms with Gasteiger partial charge in [-0.25, -0.2) is 4.79 Å². The molecule has 1 aromatic heterocycles. The van der Waals surface area contributed by atoms with Crippen molar-refractivity contribution in [2.45, 2.75) is 89.3 Å². The van der Waals surface area contributed by atoms with Gasteiger partial charge < -0.3 is 15.1 Å². The molecule has 1 fully saturated rings. The molecule has 0 amide bonds. The van der Waals surface area contributed by atoms with E-state index in [9.17, 15) is 4.79 Å². The fourth-order valence-corrected chi connectivity index (χ4v) is 6.46. The third-order valence-corrected chi connectivity index (χ3v) is 7.93. The van der Waals surface area contributed by atoms with Gasteiger partial charge in [-0.2, -0.15) is 15.2 Å². The molecule has 0 spiro atoms. The van der Waals surface area contributed by atoms with Crippen molar-refractivity contribution < 1.29 is 9.36 Å². The van der Waals surface area contributed by atoms with Crippen molar-refractivity contribution in [1.82, 2.24) is 15.2 Å². The van der Waals surface area contributed by atoms with Gasteiger partial charge in [-0.05, 0) is 73.8 Å². The summed E-state index contributed by atoms with van der Waals surface area (Å²) in [6, 6.07) is 13.3. The second kappa shape index (κ2) is 10.3. The maximum absolute atomic E-state index is 12.8. The highest BCUT2D eigenvalue weighted by molar-refractivity contribution is 5.56. The topological polar surface area (TPSA) is 95.3 Å². The van der Waals surface area contributed by atoms with Crippen LogP contribution in [0.3, 0.4) is 0 Å². The lowest BCUT2D eigenvalue weighted by Gasteiger charge is -2.38. The fraction of sp³-hybridized carbons (Fsp3) is 0.517. The number of benzene rings is 2. The first-order chi connectivity index (χ1) is 17.4. The van der Waals surface area contributed by atoms with Crippen molar-refractivity contribution in [2.24, 2.45) is 5.73 Å². The molecule has 2 aliphatic rings. The summed E-state index contributed by atoms with van der Waals surface area (Å²) in [6.45, 7) is 4.79. The second-order valence-electron chi connectivity index (χ2n) is 10.7. The molecular weight excluding hydrogens is 452 g/mol. The van der Waals surface area contributed by atoms with E-state index < -0.39 is 11.2 Å². The minimum absolute atomic E-state index is 0.119. The Labute approximate surface area is 213 Å². The molecule has 0 radical (unpaired) electrons. The first kappa shape index (κ1) is 24.9. The Hall–Kier alpha value is -2.74. The molecule has 7 heteroatoms. The highest BCUT2D eigenvalue weighted by Gasteiger charge is 2.47. The van der Waals surface area contributed by atoms with Gasteiger partial charge in [-0.1, -0.05) is 61.2 Å². The van der Waals surface area contributed by atoms with E-state index in [1.165, 1.54) is 34.2 Å². The van der Waals surface area contributed by atoms with E-state index in [2.05, 4.69) is 53.8 Å². The molecule has 2 atom stereocenters. The lowest BCUT2D eigenvalue weighted by Crippen LogP contribution is -2.40. The van der Waals surface area contributed by atoms with E-state index in [1.807, 2.05) is 11.7 Å². The number of hydroxylamine groups is 1. The molecule has 0 bridgehead atoms. The van der Waals surface area contributed by atoms with E-state index >= 15 is 0 Å². The number of nitrogens with two attached hydrogens (primary N) is 1. The van der Waals surface area contributed by atoms with Crippen LogP contribution in [0.15, 0.2) is 45.7 Å². The standard InChI is InChI=1S/C29H38N4O3/c1-19-9-13-25-22(15-19)11-12-23-16-21(18-31-35-3)10-14-26(23)29(25,17-20(2)30)27-32-28(34)36-33(27)24-7-5-4-6-8-24/h9-10,13-16,20,24,31H,4-8,11-12,17-18,30H2,1-3H3/t20-,29?/m0/s1. The number of aromatic nitrogens is 2.